The second-order valence-electron chi connectivity index (χ2n) is 7.90. The Morgan fingerprint density at radius 1 is 1.09 bits per heavy atom. The van der Waals surface area contributed by atoms with Gasteiger partial charge in [0, 0.05) is 34.8 Å². The van der Waals surface area contributed by atoms with Gasteiger partial charge in [0.15, 0.2) is 10.2 Å². The number of nitrogens with one attached hydrogen (secondary N) is 1. The minimum absolute atomic E-state index is 0.0646. The van der Waals surface area contributed by atoms with E-state index < -0.39 is 0 Å². The van der Waals surface area contributed by atoms with Gasteiger partial charge in [-0.3, -0.25) is 9.55 Å². The molecule has 168 valence electrons. The molecule has 0 unspecified atom stereocenters. The molecule has 0 aliphatic carbocycles. The summed E-state index contributed by atoms with van der Waals surface area (Å²) in [6.07, 6.45) is 3.67. The summed E-state index contributed by atoms with van der Waals surface area (Å²) >= 11 is 7.49. The zero-order valence-corrected chi connectivity index (χ0v) is 20.4. The molecule has 3 aromatic heterocycles. The maximum Gasteiger partial charge on any atom is 0.193 e. The zero-order valence-electron chi connectivity index (χ0n) is 18.7. The summed E-state index contributed by atoms with van der Waals surface area (Å²) in [5, 5.41) is 7.19. The fourth-order valence-electron chi connectivity index (χ4n) is 4.53. The summed E-state index contributed by atoms with van der Waals surface area (Å²) < 4.78 is 7.86. The van der Waals surface area contributed by atoms with Gasteiger partial charge in [-0.15, -0.1) is 11.3 Å². The molecule has 1 aromatic carbocycles. The lowest BCUT2D eigenvalue weighted by Crippen LogP contribution is -2.29. The van der Waals surface area contributed by atoms with Gasteiger partial charge in [-0.25, -0.2) is 4.98 Å². The van der Waals surface area contributed by atoms with Crippen LogP contribution in [0.3, 0.4) is 0 Å². The number of anilines is 1. The maximum atomic E-state index is 5.86. The van der Waals surface area contributed by atoms with Gasteiger partial charge in [-0.05, 0) is 81.0 Å². The van der Waals surface area contributed by atoms with Gasteiger partial charge < -0.3 is 15.0 Å². The van der Waals surface area contributed by atoms with Crippen molar-refractivity contribution in [2.45, 2.75) is 32.9 Å². The Balaban J connectivity index is 1.64. The number of aryl methyl sites for hydroxylation is 1. The quantitative estimate of drug-likeness (QED) is 0.371. The Hall–Kier alpha value is -3.23. The lowest BCUT2D eigenvalue weighted by Gasteiger charge is -2.28. The first-order chi connectivity index (χ1) is 16.1. The molecule has 4 heterocycles. The molecule has 0 bridgehead atoms. The zero-order chi connectivity index (χ0) is 22.9. The Labute approximate surface area is 202 Å². The summed E-state index contributed by atoms with van der Waals surface area (Å²) in [5.74, 6) is 0.846. The van der Waals surface area contributed by atoms with Crippen molar-refractivity contribution < 1.29 is 4.74 Å². The van der Waals surface area contributed by atoms with Gasteiger partial charge in [0.2, 0.25) is 0 Å². The van der Waals surface area contributed by atoms with Crippen molar-refractivity contribution in [1.82, 2.24) is 19.9 Å². The van der Waals surface area contributed by atoms with Gasteiger partial charge in [-0.2, -0.15) is 0 Å². The van der Waals surface area contributed by atoms with Crippen LogP contribution in [0.15, 0.2) is 66.3 Å². The number of nitrogens with zero attached hydrogens (tertiary/aromatic N) is 4. The second kappa shape index (κ2) is 8.96. The number of benzene rings is 1. The van der Waals surface area contributed by atoms with E-state index in [1.807, 2.05) is 49.0 Å². The summed E-state index contributed by atoms with van der Waals surface area (Å²) in [6.45, 7) is 6.89. The molecular weight excluding hydrogens is 450 g/mol. The fraction of sp³-hybridized carbons (Fsp3) is 0.240. The number of ether oxygens (including phenoxy) is 1. The van der Waals surface area contributed by atoms with E-state index in [0.717, 1.165) is 33.7 Å². The monoisotopic (exact) mass is 475 g/mol. The van der Waals surface area contributed by atoms with Crippen LogP contribution in [0.1, 0.15) is 41.7 Å². The highest BCUT2D eigenvalue weighted by Gasteiger charge is 2.42. The van der Waals surface area contributed by atoms with Crippen molar-refractivity contribution in [2.75, 3.05) is 11.5 Å². The maximum absolute atomic E-state index is 5.86. The molecule has 0 spiro atoms. The molecule has 8 heteroatoms. The minimum Gasteiger partial charge on any atom is -0.494 e. The predicted octanol–water partition coefficient (Wildman–Crippen LogP) is 5.52. The van der Waals surface area contributed by atoms with Crippen molar-refractivity contribution in [3.05, 3.63) is 88.9 Å². The molecule has 0 radical (unpaired) electrons. The third-order valence-electron chi connectivity index (χ3n) is 5.92. The van der Waals surface area contributed by atoms with Gasteiger partial charge in [-0.1, -0.05) is 6.07 Å². The summed E-state index contributed by atoms with van der Waals surface area (Å²) in [6, 6.07) is 16.2. The van der Waals surface area contributed by atoms with E-state index >= 15 is 0 Å². The van der Waals surface area contributed by atoms with Crippen LogP contribution >= 0.6 is 23.6 Å². The van der Waals surface area contributed by atoms with E-state index in [9.17, 15) is 0 Å². The molecule has 1 N–H and O–H groups in total. The van der Waals surface area contributed by atoms with E-state index in [-0.39, 0.29) is 12.1 Å². The number of pyridine rings is 1. The van der Waals surface area contributed by atoms with Crippen LogP contribution < -0.4 is 15.0 Å². The first-order valence-corrected chi connectivity index (χ1v) is 12.2. The largest absolute Gasteiger partial charge is 0.494 e. The van der Waals surface area contributed by atoms with Crippen LogP contribution in [0.5, 0.6) is 5.75 Å². The molecule has 0 amide bonds. The Kier molecular flexibility index (Phi) is 5.86. The van der Waals surface area contributed by atoms with Crippen LogP contribution in [0.25, 0.3) is 5.13 Å². The summed E-state index contributed by atoms with van der Waals surface area (Å²) in [4.78, 5) is 11.4. The summed E-state index contributed by atoms with van der Waals surface area (Å²) in [5.41, 5.74) is 5.45. The van der Waals surface area contributed by atoms with Crippen LogP contribution in [0, 0.1) is 13.8 Å². The van der Waals surface area contributed by atoms with E-state index in [0.29, 0.717) is 11.7 Å². The molecule has 2 atom stereocenters. The minimum atomic E-state index is -0.0875. The third-order valence-corrected chi connectivity index (χ3v) is 6.99. The van der Waals surface area contributed by atoms with Crippen molar-refractivity contribution in [3.63, 3.8) is 0 Å². The number of thiazole rings is 1. The van der Waals surface area contributed by atoms with Crippen LogP contribution in [0.4, 0.5) is 5.69 Å². The fourth-order valence-corrected chi connectivity index (χ4v) is 5.62. The van der Waals surface area contributed by atoms with Gasteiger partial charge in [0.1, 0.15) is 5.75 Å². The first kappa shape index (κ1) is 21.6. The number of aromatic nitrogens is 3. The Bertz CT molecular complexity index is 1250. The van der Waals surface area contributed by atoms with E-state index in [1.165, 1.54) is 5.56 Å². The average molecular weight is 476 g/mol. The molecule has 1 fully saturated rings. The van der Waals surface area contributed by atoms with Gasteiger partial charge in [0.05, 0.1) is 24.4 Å². The lowest BCUT2D eigenvalue weighted by molar-refractivity contribution is 0.340. The van der Waals surface area contributed by atoms with E-state index in [1.54, 1.807) is 11.3 Å². The normalized spacial score (nSPS) is 17.9. The van der Waals surface area contributed by atoms with E-state index in [4.69, 9.17) is 17.0 Å². The van der Waals surface area contributed by atoms with Crippen molar-refractivity contribution in [3.8, 4) is 10.9 Å². The second-order valence-corrected chi connectivity index (χ2v) is 9.16. The predicted molar refractivity (Wildman–Crippen MR) is 136 cm³/mol. The Morgan fingerprint density at radius 2 is 1.91 bits per heavy atom. The molecule has 1 saturated heterocycles. The van der Waals surface area contributed by atoms with Gasteiger partial charge >= 0.3 is 0 Å². The molecule has 5 rings (SSSR count). The smallest absolute Gasteiger partial charge is 0.193 e. The molecule has 0 saturated carbocycles. The molecule has 4 aromatic rings. The standard InChI is InChI=1S/C25H25N5OS2/c1-4-31-19-10-8-18(9-11-19)30-23(22(28-24(30)32)21-7-5-6-12-26-21)20-15-16(2)29(17(20)3)25-27-13-14-33-25/h5-15,22-23H,4H2,1-3H3,(H,28,32)/t22-,23-/m1/s1. The van der Waals surface area contributed by atoms with Crippen LogP contribution in [0.2, 0.25) is 0 Å². The van der Waals surface area contributed by atoms with Crippen molar-refractivity contribution >= 4 is 34.4 Å². The molecule has 1 aliphatic rings. The SMILES string of the molecule is CCOc1ccc(N2C(=S)N[C@H](c3ccccn3)[C@H]2c2cc(C)n(-c3nccs3)c2C)cc1. The lowest BCUT2D eigenvalue weighted by atomic mass is 9.96. The van der Waals surface area contributed by atoms with Crippen molar-refractivity contribution in [2.24, 2.45) is 0 Å². The molecular formula is C25H25N5OS2. The first-order valence-electron chi connectivity index (χ1n) is 10.9. The molecule has 33 heavy (non-hydrogen) atoms. The molecule has 1 aliphatic heterocycles. The third kappa shape index (κ3) is 3.89. The van der Waals surface area contributed by atoms with Crippen LogP contribution in [-0.4, -0.2) is 26.3 Å². The average Bonchev–Trinajstić information content (AvgIpc) is 3.53. The molecule has 6 nitrogen and oxygen atoms in total. The van der Waals surface area contributed by atoms with E-state index in [2.05, 4.69) is 62.9 Å². The number of thiocarbonyl (C=S) groups is 1. The topological polar surface area (TPSA) is 55.2 Å². The van der Waals surface area contributed by atoms with Gasteiger partial charge in [0.25, 0.3) is 0 Å². The number of rotatable bonds is 6. The Morgan fingerprint density at radius 3 is 2.58 bits per heavy atom. The number of hydrogen-bond donors (Lipinski definition) is 1. The summed E-state index contributed by atoms with van der Waals surface area (Å²) in [7, 11) is 0. The highest BCUT2D eigenvalue weighted by atomic mass is 32.1. The van der Waals surface area contributed by atoms with Crippen LogP contribution in [-0.2, 0) is 0 Å². The highest BCUT2D eigenvalue weighted by molar-refractivity contribution is 7.80. The van der Waals surface area contributed by atoms with Crippen molar-refractivity contribution in [1.29, 1.82) is 0 Å². The highest BCUT2D eigenvalue weighted by Crippen LogP contribution is 2.44. The number of hydrogen-bond acceptors (Lipinski definition) is 5.